The highest BCUT2D eigenvalue weighted by molar-refractivity contribution is 6.30. The number of aliphatic imine (C=N–C) groups is 2. The summed E-state index contributed by atoms with van der Waals surface area (Å²) in [6, 6.07) is 20.9. The average molecular weight is 1650 g/mol. The smallest absolute Gasteiger partial charge is 0.291 e. The number of amides is 9. The van der Waals surface area contributed by atoms with Gasteiger partial charge in [-0.05, 0) is 110 Å². The van der Waals surface area contributed by atoms with Crippen LogP contribution >= 0.6 is 11.6 Å². The van der Waals surface area contributed by atoms with Crippen molar-refractivity contribution in [2.45, 2.75) is 89.4 Å². The SMILES string of the molecule is CC(=O)N1c2ccc(-c3ccc(NC(=O)CCOCCOCCOCCOCCOCCOCCOCCOCCNC(=O)c4nc(NC(=O)CCNC(=O)c5cc(NC(=O)c6nc(NC(=O)CCNC(=O)[C@H](CCCN=C(N)N)NC(=O)[C@@H](N)CCCN=C(N)N)cn6C)cn5C)cn4C)cc3)cc2[C@H](Nc2ccc(Cl)cc2)C[C@@H]1C. The maximum Gasteiger partial charge on any atom is 0.291 e. The Hall–Kier alpha value is -11.1. The first-order valence-electron chi connectivity index (χ1n) is 38.4. The molecule has 0 fully saturated rings. The lowest BCUT2D eigenvalue weighted by Gasteiger charge is -2.39. The second kappa shape index (κ2) is 50.4. The number of guanidine groups is 2. The number of nitrogens with zero attached hydrogens (tertiary/aromatic N) is 8. The predicted octanol–water partition coefficient (Wildman–Crippen LogP) is 2.38. The van der Waals surface area contributed by atoms with E-state index in [1.807, 2.05) is 65.6 Å². The lowest BCUT2D eigenvalue weighted by molar-refractivity contribution is -0.130. The summed E-state index contributed by atoms with van der Waals surface area (Å²) in [5.41, 5.74) is 33.5. The van der Waals surface area contributed by atoms with Crippen LogP contribution in [0.5, 0.6) is 0 Å². The van der Waals surface area contributed by atoms with Crippen LogP contribution in [0.2, 0.25) is 5.02 Å². The van der Waals surface area contributed by atoms with Crippen molar-refractivity contribution in [2.75, 3.05) is 170 Å². The molecule has 9 amide bonds. The Bertz CT molecular complexity index is 4240. The number of nitrogens with one attached hydrogen (secondary N) is 9. The number of hydrogen-bond acceptors (Lipinski definition) is 23. The van der Waals surface area contributed by atoms with Gasteiger partial charge in [-0.3, -0.25) is 53.1 Å². The van der Waals surface area contributed by atoms with Gasteiger partial charge in [0.2, 0.25) is 47.1 Å². The average Bonchev–Trinajstić information content (AvgIpc) is 1.59. The van der Waals surface area contributed by atoms with Crippen LogP contribution in [-0.4, -0.2) is 245 Å². The lowest BCUT2D eigenvalue weighted by Crippen LogP contribution is -2.52. The molecule has 0 saturated heterocycles. The van der Waals surface area contributed by atoms with E-state index in [2.05, 4.69) is 80.8 Å². The monoisotopic (exact) mass is 1650 g/mol. The van der Waals surface area contributed by atoms with Gasteiger partial charge >= 0.3 is 0 Å². The van der Waals surface area contributed by atoms with Crippen LogP contribution < -0.4 is 81.4 Å². The summed E-state index contributed by atoms with van der Waals surface area (Å²) >= 11 is 6.14. The summed E-state index contributed by atoms with van der Waals surface area (Å²) < 4.78 is 48.9. The number of aryl methyl sites for hydroxylation is 3. The molecule has 1 aliphatic rings. The zero-order chi connectivity index (χ0) is 84.4. The van der Waals surface area contributed by atoms with Crippen LogP contribution in [0, 0.1) is 0 Å². The Balaban J connectivity index is 0.631. The Morgan fingerprint density at radius 1 is 0.504 bits per heavy atom. The zero-order valence-corrected chi connectivity index (χ0v) is 67.5. The van der Waals surface area contributed by atoms with Crippen molar-refractivity contribution in [1.82, 2.24) is 44.9 Å². The van der Waals surface area contributed by atoms with Crippen LogP contribution in [0.25, 0.3) is 11.1 Å². The van der Waals surface area contributed by atoms with Crippen LogP contribution in [0.4, 0.5) is 34.4 Å². The zero-order valence-electron chi connectivity index (χ0n) is 66.8. The third kappa shape index (κ3) is 33.5. The number of benzene rings is 3. The highest BCUT2D eigenvalue weighted by Crippen LogP contribution is 2.41. The molecule has 0 bridgehead atoms. The molecule has 3 aromatic carbocycles. The minimum Gasteiger partial charge on any atom is -0.379 e. The number of carbonyl (C=O) groups excluding carboxylic acids is 9. The second-order valence-corrected chi connectivity index (χ2v) is 27.4. The molecular weight excluding hydrogens is 1540 g/mol. The van der Waals surface area contributed by atoms with Crippen LogP contribution in [0.15, 0.2) is 101 Å². The third-order valence-corrected chi connectivity index (χ3v) is 17.9. The minimum atomic E-state index is -1.02. The van der Waals surface area contributed by atoms with Crippen LogP contribution in [0.3, 0.4) is 0 Å². The molecule has 4 atom stereocenters. The maximum absolute atomic E-state index is 13.3. The first kappa shape index (κ1) is 93.0. The van der Waals surface area contributed by atoms with Crippen molar-refractivity contribution < 1.29 is 81.0 Å². The first-order valence-corrected chi connectivity index (χ1v) is 38.8. The molecule has 19 N–H and O–H groups in total. The van der Waals surface area contributed by atoms with E-state index in [9.17, 15) is 43.2 Å². The van der Waals surface area contributed by atoms with E-state index in [0.29, 0.717) is 116 Å². The van der Waals surface area contributed by atoms with Gasteiger partial charge in [-0.1, -0.05) is 29.8 Å². The second-order valence-electron chi connectivity index (χ2n) is 27.0. The number of nitrogens with two attached hydrogens (primary N) is 5. The van der Waals surface area contributed by atoms with Gasteiger partial charge in [0.05, 0.1) is 130 Å². The van der Waals surface area contributed by atoms with E-state index in [-0.39, 0.29) is 149 Å². The molecule has 0 unspecified atom stereocenters. The number of aromatic nitrogens is 5. The molecule has 3 aromatic heterocycles. The molecule has 1 aliphatic heterocycles. The summed E-state index contributed by atoms with van der Waals surface area (Å²) in [4.78, 5) is 135. The van der Waals surface area contributed by atoms with Crippen molar-refractivity contribution in [1.29, 1.82) is 0 Å². The van der Waals surface area contributed by atoms with Gasteiger partial charge in [0.1, 0.15) is 11.7 Å². The highest BCUT2D eigenvalue weighted by Gasteiger charge is 2.33. The standard InChI is InChI=1S/C77H111ClN22O17/c1-50-44-61(89-55-17-13-54(78)14-18-55)58-45-53(12-19-62(58)100(50)51(2)101)52-10-15-56(16-11-52)90-68(104)22-28-110-30-32-112-34-36-114-38-40-116-42-43-117-41-39-115-37-35-113-33-31-111-29-27-86-74(108)69-95-64(48-98(69)4)93-67(103)21-26-85-73(107)63-46-57(47-97(63)3)91-75(109)70-96-65(49-99(70)5)94-66(102)20-25-84-72(106)60(9-7-24-88-77(82)83)92-71(105)59(79)8-6-23-87-76(80)81/h10-19,45-50,59-61,89H,6-9,20-44,79H2,1-5H3,(H,84,106)(H,85,107)(H,86,108)(H,90,104)(H,91,109)(H,92,105)(H,93,103)(H,94,102)(H4,80,81,87)(H4,82,83,88)/t50-,59-,60-,61+/m0/s1. The van der Waals surface area contributed by atoms with Gasteiger partial charge in [0.25, 0.3) is 17.7 Å². The quantitative estimate of drug-likeness (QED) is 0.0148. The summed E-state index contributed by atoms with van der Waals surface area (Å²) in [7, 11) is 4.73. The van der Waals surface area contributed by atoms with Crippen LogP contribution in [0.1, 0.15) is 109 Å². The highest BCUT2D eigenvalue weighted by atomic mass is 35.5. The van der Waals surface area contributed by atoms with Gasteiger partial charge in [-0.15, -0.1) is 0 Å². The van der Waals surface area contributed by atoms with E-state index < -0.39 is 53.4 Å². The molecule has 0 saturated carbocycles. The molecule has 0 radical (unpaired) electrons. The molecule has 0 spiro atoms. The predicted molar refractivity (Wildman–Crippen MR) is 440 cm³/mol. The maximum atomic E-state index is 13.3. The summed E-state index contributed by atoms with van der Waals surface area (Å²) in [6.45, 7) is 9.80. The molecular formula is C77H111ClN22O17. The number of fused-ring (bicyclic) bond motifs is 1. The number of hydrogen-bond donors (Lipinski definition) is 14. The Labute approximate surface area is 683 Å². The topological polar surface area (TPSA) is 534 Å². The van der Waals surface area contributed by atoms with E-state index in [1.54, 1.807) is 21.0 Å². The lowest BCUT2D eigenvalue weighted by atomic mass is 9.89. The fourth-order valence-corrected chi connectivity index (χ4v) is 12.1. The van der Waals surface area contributed by atoms with Crippen molar-refractivity contribution in [2.24, 2.45) is 59.8 Å². The van der Waals surface area contributed by atoms with Gasteiger partial charge in [0, 0.05) is 120 Å². The Kier molecular flexibility index (Phi) is 40.0. The molecule has 638 valence electrons. The van der Waals surface area contributed by atoms with Crippen molar-refractivity contribution in [3.05, 3.63) is 119 Å². The number of ether oxygens (including phenoxy) is 8. The molecule has 0 aliphatic carbocycles. The normalized spacial score (nSPS) is 13.4. The van der Waals surface area contributed by atoms with Gasteiger partial charge in [-0.25, -0.2) is 9.97 Å². The summed E-state index contributed by atoms with van der Waals surface area (Å²) in [5.74, 6) is -4.10. The van der Waals surface area contributed by atoms with E-state index in [0.717, 1.165) is 34.5 Å². The van der Waals surface area contributed by atoms with Gasteiger partial charge < -0.3 is 133 Å². The van der Waals surface area contributed by atoms with Crippen molar-refractivity contribution >= 4 is 111 Å². The summed E-state index contributed by atoms with van der Waals surface area (Å²) in [5, 5.41) is 25.8. The van der Waals surface area contributed by atoms with E-state index in [4.69, 9.17) is 78.2 Å². The molecule has 7 rings (SSSR count). The Morgan fingerprint density at radius 2 is 0.983 bits per heavy atom. The third-order valence-electron chi connectivity index (χ3n) is 17.7. The van der Waals surface area contributed by atoms with Gasteiger partial charge in [0.15, 0.2) is 23.6 Å². The first-order chi connectivity index (χ1) is 56.3. The van der Waals surface area contributed by atoms with E-state index in [1.165, 1.54) is 45.4 Å². The molecule has 6 aromatic rings. The van der Waals surface area contributed by atoms with Crippen molar-refractivity contribution in [3.8, 4) is 11.1 Å². The number of imidazole rings is 2. The summed E-state index contributed by atoms with van der Waals surface area (Å²) in [6.07, 6.45) is 6.15. The van der Waals surface area contributed by atoms with Crippen molar-refractivity contribution in [3.63, 3.8) is 0 Å². The molecule has 39 nitrogen and oxygen atoms in total. The number of carbonyl (C=O) groups is 9. The fraction of sp³-hybridized carbons (Fsp3) is 0.494. The molecule has 4 heterocycles. The van der Waals surface area contributed by atoms with Gasteiger partial charge in [-0.2, -0.15) is 0 Å². The molecule has 40 heteroatoms. The fourth-order valence-electron chi connectivity index (χ4n) is 11.9. The van der Waals surface area contributed by atoms with Crippen LogP contribution in [-0.2, 0) is 87.8 Å². The number of halogens is 1. The number of rotatable bonds is 54. The molecule has 117 heavy (non-hydrogen) atoms. The Morgan fingerprint density at radius 3 is 1.52 bits per heavy atom. The van der Waals surface area contributed by atoms with E-state index >= 15 is 0 Å². The minimum absolute atomic E-state index is 0.00306. The number of anilines is 6. The largest absolute Gasteiger partial charge is 0.379 e.